The highest BCUT2D eigenvalue weighted by atomic mass is 79.9. The lowest BCUT2D eigenvalue weighted by Crippen LogP contribution is -2.25. The molecular formula is C11H7BrClFN2O. The second kappa shape index (κ2) is 4.63. The van der Waals surface area contributed by atoms with Gasteiger partial charge in [-0.25, -0.2) is 4.39 Å². The van der Waals surface area contributed by atoms with Crippen LogP contribution < -0.4 is 4.90 Å². The molecule has 1 aromatic rings. The van der Waals surface area contributed by atoms with E-state index in [-0.39, 0.29) is 23.3 Å². The monoisotopic (exact) mass is 316 g/mol. The molecule has 0 N–H and O–H groups in total. The van der Waals surface area contributed by atoms with Gasteiger partial charge in [0.1, 0.15) is 5.82 Å². The molecular weight excluding hydrogens is 310 g/mol. The van der Waals surface area contributed by atoms with E-state index in [0.717, 1.165) is 6.07 Å². The molecule has 1 aromatic carbocycles. The van der Waals surface area contributed by atoms with E-state index in [1.54, 1.807) is 0 Å². The van der Waals surface area contributed by atoms with Crippen LogP contribution in [0.4, 0.5) is 10.1 Å². The van der Waals surface area contributed by atoms with Crippen LogP contribution in [0.5, 0.6) is 0 Å². The highest BCUT2D eigenvalue weighted by Gasteiger charge is 2.32. The zero-order valence-corrected chi connectivity index (χ0v) is 10.9. The van der Waals surface area contributed by atoms with Crippen LogP contribution in [0.1, 0.15) is 6.42 Å². The van der Waals surface area contributed by atoms with Crippen LogP contribution in [0.3, 0.4) is 0 Å². The number of carbonyl (C=O) groups is 1. The molecule has 1 aliphatic rings. The minimum absolute atomic E-state index is 0.156. The van der Waals surface area contributed by atoms with Crippen molar-refractivity contribution in [3.8, 4) is 6.07 Å². The van der Waals surface area contributed by atoms with Crippen molar-refractivity contribution in [2.45, 2.75) is 6.42 Å². The maximum atomic E-state index is 13.1. The van der Waals surface area contributed by atoms with Gasteiger partial charge in [0.05, 0.1) is 22.7 Å². The number of halogens is 3. The number of carbonyl (C=O) groups excluding carboxylic acids is 1. The highest BCUT2D eigenvalue weighted by molar-refractivity contribution is 9.10. The Morgan fingerprint density at radius 1 is 1.59 bits per heavy atom. The van der Waals surface area contributed by atoms with E-state index in [9.17, 15) is 9.18 Å². The number of nitriles is 1. The third kappa shape index (κ3) is 2.28. The summed E-state index contributed by atoms with van der Waals surface area (Å²) in [6.45, 7) is 0.291. The first kappa shape index (κ1) is 12.3. The Labute approximate surface area is 111 Å². The van der Waals surface area contributed by atoms with E-state index in [0.29, 0.717) is 16.7 Å². The van der Waals surface area contributed by atoms with Crippen molar-refractivity contribution in [2.24, 2.45) is 5.92 Å². The van der Waals surface area contributed by atoms with Gasteiger partial charge in [0.2, 0.25) is 5.91 Å². The van der Waals surface area contributed by atoms with Gasteiger partial charge in [-0.15, -0.1) is 0 Å². The van der Waals surface area contributed by atoms with Gasteiger partial charge in [-0.2, -0.15) is 5.26 Å². The minimum atomic E-state index is -0.478. The quantitative estimate of drug-likeness (QED) is 0.799. The van der Waals surface area contributed by atoms with Crippen molar-refractivity contribution >= 4 is 39.1 Å². The lowest BCUT2D eigenvalue weighted by molar-refractivity contribution is -0.117. The fraction of sp³-hybridized carbons (Fsp3) is 0.273. The van der Waals surface area contributed by atoms with E-state index >= 15 is 0 Å². The van der Waals surface area contributed by atoms with E-state index in [1.165, 1.54) is 11.0 Å². The molecule has 3 nitrogen and oxygen atoms in total. The molecule has 1 unspecified atom stereocenters. The SMILES string of the molecule is N#CC1CC(=O)N(c2c(Cl)cc(F)cc2Br)C1. The van der Waals surface area contributed by atoms with Crippen molar-refractivity contribution < 1.29 is 9.18 Å². The summed E-state index contributed by atoms with van der Waals surface area (Å²) in [6, 6.07) is 4.44. The summed E-state index contributed by atoms with van der Waals surface area (Å²) in [6.07, 6.45) is 0.177. The molecule has 1 fully saturated rings. The summed E-state index contributed by atoms with van der Waals surface area (Å²) in [5.41, 5.74) is 0.427. The average molecular weight is 318 g/mol. The van der Waals surface area contributed by atoms with Crippen molar-refractivity contribution in [2.75, 3.05) is 11.4 Å². The predicted octanol–water partition coefficient (Wildman–Crippen LogP) is 3.12. The Morgan fingerprint density at radius 2 is 2.29 bits per heavy atom. The summed E-state index contributed by atoms with van der Waals surface area (Å²) in [7, 11) is 0. The van der Waals surface area contributed by atoms with Crippen molar-refractivity contribution in [3.63, 3.8) is 0 Å². The van der Waals surface area contributed by atoms with Gasteiger partial charge in [0, 0.05) is 17.4 Å². The molecule has 0 aromatic heterocycles. The molecule has 6 heteroatoms. The Bertz CT molecular complexity index is 506. The summed E-state index contributed by atoms with van der Waals surface area (Å²) >= 11 is 9.10. The topological polar surface area (TPSA) is 44.1 Å². The van der Waals surface area contributed by atoms with Gasteiger partial charge in [-0.3, -0.25) is 4.79 Å². The molecule has 1 amide bonds. The van der Waals surface area contributed by atoms with Gasteiger partial charge in [0.25, 0.3) is 0 Å². The standard InChI is InChI=1S/C11H7BrClFN2O/c12-8-2-7(14)3-9(13)11(8)16-5-6(4-15)1-10(16)17/h2-3,6H,1,5H2. The second-order valence-corrected chi connectivity index (χ2v) is 5.01. The third-order valence-corrected chi connectivity index (χ3v) is 3.45. The maximum Gasteiger partial charge on any atom is 0.228 e. The Balaban J connectivity index is 2.42. The van der Waals surface area contributed by atoms with Gasteiger partial charge in [-0.05, 0) is 28.1 Å². The molecule has 1 atom stereocenters. The van der Waals surface area contributed by atoms with Gasteiger partial charge in [0.15, 0.2) is 0 Å². The van der Waals surface area contributed by atoms with Crippen LogP contribution in [-0.2, 0) is 4.79 Å². The van der Waals surface area contributed by atoms with E-state index in [1.807, 2.05) is 6.07 Å². The number of anilines is 1. The first-order valence-corrected chi connectivity index (χ1v) is 6.04. The lowest BCUT2D eigenvalue weighted by Gasteiger charge is -2.19. The Morgan fingerprint density at radius 3 is 2.82 bits per heavy atom. The van der Waals surface area contributed by atoms with Crippen LogP contribution in [0.2, 0.25) is 5.02 Å². The van der Waals surface area contributed by atoms with Crippen molar-refractivity contribution in [1.29, 1.82) is 5.26 Å². The molecule has 2 rings (SSSR count). The number of hydrogen-bond donors (Lipinski definition) is 0. The van der Waals surface area contributed by atoms with Crippen molar-refractivity contribution in [3.05, 3.63) is 27.4 Å². The molecule has 0 aliphatic carbocycles. The second-order valence-electron chi connectivity index (χ2n) is 3.75. The van der Waals surface area contributed by atoms with E-state index in [4.69, 9.17) is 16.9 Å². The summed E-state index contributed by atoms with van der Waals surface area (Å²) in [5, 5.41) is 8.95. The molecule has 0 bridgehead atoms. The summed E-state index contributed by atoms with van der Waals surface area (Å²) in [5.74, 6) is -0.990. The highest BCUT2D eigenvalue weighted by Crippen LogP contribution is 2.37. The molecule has 1 saturated heterocycles. The van der Waals surface area contributed by atoms with E-state index in [2.05, 4.69) is 15.9 Å². The van der Waals surface area contributed by atoms with Crippen LogP contribution in [0, 0.1) is 23.1 Å². The molecule has 0 spiro atoms. The zero-order valence-electron chi connectivity index (χ0n) is 8.58. The first-order chi connectivity index (χ1) is 8.02. The summed E-state index contributed by atoms with van der Waals surface area (Å²) in [4.78, 5) is 13.2. The zero-order chi connectivity index (χ0) is 12.6. The first-order valence-electron chi connectivity index (χ1n) is 4.87. The number of benzene rings is 1. The number of nitrogens with zero attached hydrogens (tertiary/aromatic N) is 2. The van der Waals surface area contributed by atoms with Gasteiger partial charge < -0.3 is 4.90 Å². The Hall–Kier alpha value is -1.12. The largest absolute Gasteiger partial charge is 0.309 e. The average Bonchev–Trinajstić information content (AvgIpc) is 2.59. The summed E-state index contributed by atoms with van der Waals surface area (Å²) < 4.78 is 13.5. The fourth-order valence-corrected chi connectivity index (χ4v) is 2.87. The van der Waals surface area contributed by atoms with Crippen LogP contribution in [0.15, 0.2) is 16.6 Å². The molecule has 1 aliphatic heterocycles. The number of amides is 1. The predicted molar refractivity (Wildman–Crippen MR) is 65.2 cm³/mol. The lowest BCUT2D eigenvalue weighted by atomic mass is 10.1. The molecule has 0 saturated carbocycles. The molecule has 88 valence electrons. The smallest absolute Gasteiger partial charge is 0.228 e. The Kier molecular flexibility index (Phi) is 3.36. The molecule has 17 heavy (non-hydrogen) atoms. The van der Waals surface area contributed by atoms with Crippen molar-refractivity contribution in [1.82, 2.24) is 0 Å². The minimum Gasteiger partial charge on any atom is -0.309 e. The van der Waals surface area contributed by atoms with Gasteiger partial charge in [-0.1, -0.05) is 11.6 Å². The van der Waals surface area contributed by atoms with Crippen LogP contribution in [-0.4, -0.2) is 12.5 Å². The third-order valence-electron chi connectivity index (χ3n) is 2.56. The van der Waals surface area contributed by atoms with Gasteiger partial charge >= 0.3 is 0 Å². The fourth-order valence-electron chi connectivity index (χ4n) is 1.80. The van der Waals surface area contributed by atoms with E-state index < -0.39 is 5.82 Å². The number of hydrogen-bond acceptors (Lipinski definition) is 2. The van der Waals surface area contributed by atoms with Crippen LogP contribution >= 0.6 is 27.5 Å². The number of rotatable bonds is 1. The molecule has 0 radical (unpaired) electrons. The molecule has 1 heterocycles. The normalized spacial score (nSPS) is 19.5. The maximum absolute atomic E-state index is 13.1. The van der Waals surface area contributed by atoms with Crippen LogP contribution in [0.25, 0.3) is 0 Å².